The van der Waals surface area contributed by atoms with Crippen molar-refractivity contribution in [3.05, 3.63) is 15.9 Å². The van der Waals surface area contributed by atoms with Gasteiger partial charge in [0.2, 0.25) is 0 Å². The first-order valence-corrected chi connectivity index (χ1v) is 9.14. The fraction of sp³-hybridized carbons (Fsp3) is 0.556. The molecule has 1 aliphatic rings. The summed E-state index contributed by atoms with van der Waals surface area (Å²) >= 11 is 7.82. The molecule has 0 radical (unpaired) electrons. The van der Waals surface area contributed by atoms with E-state index in [2.05, 4.69) is 31.9 Å². The summed E-state index contributed by atoms with van der Waals surface area (Å²) in [5.41, 5.74) is 0. The third-order valence-corrected chi connectivity index (χ3v) is 7.09. The van der Waals surface area contributed by atoms with Crippen LogP contribution in [0.15, 0.2) is 20.1 Å². The first-order chi connectivity index (χ1) is 8.04. The predicted octanol–water partition coefficient (Wildman–Crippen LogP) is 2.30. The van der Waals surface area contributed by atoms with Crippen molar-refractivity contribution in [3.63, 3.8) is 0 Å². The summed E-state index contributed by atoms with van der Waals surface area (Å²) < 4.78 is 32.7. The number of hydrogen-bond acceptors (Lipinski definition) is 4. The molecule has 0 spiro atoms. The number of thiophene rings is 1. The van der Waals surface area contributed by atoms with Gasteiger partial charge in [0.1, 0.15) is 4.21 Å². The second-order valence-corrected chi connectivity index (χ2v) is 8.84. The molecule has 17 heavy (non-hydrogen) atoms. The standard InChI is InChI=1S/C9H11Br2NO3S2/c10-5-7-6-12(3-4-15-7)17(13,14)9-2-1-8(11)16-9/h1-2,7H,3-6H2. The summed E-state index contributed by atoms with van der Waals surface area (Å²) in [6.07, 6.45) is -0.0677. The fourth-order valence-electron chi connectivity index (χ4n) is 1.57. The highest BCUT2D eigenvalue weighted by molar-refractivity contribution is 9.11. The third-order valence-electron chi connectivity index (χ3n) is 2.42. The molecule has 1 aromatic heterocycles. The van der Waals surface area contributed by atoms with Crippen LogP contribution in [0.2, 0.25) is 0 Å². The molecule has 0 saturated carbocycles. The molecule has 4 nitrogen and oxygen atoms in total. The number of morpholine rings is 1. The summed E-state index contributed by atoms with van der Waals surface area (Å²) in [6, 6.07) is 3.38. The smallest absolute Gasteiger partial charge is 0.252 e. The van der Waals surface area contributed by atoms with Crippen LogP contribution in [0.1, 0.15) is 0 Å². The average molecular weight is 405 g/mol. The number of nitrogens with zero attached hydrogens (tertiary/aromatic N) is 1. The van der Waals surface area contributed by atoms with Crippen molar-refractivity contribution in [3.8, 4) is 0 Å². The maximum Gasteiger partial charge on any atom is 0.252 e. The Labute approximate surface area is 121 Å². The van der Waals surface area contributed by atoms with Crippen LogP contribution in [0.25, 0.3) is 0 Å². The van der Waals surface area contributed by atoms with Gasteiger partial charge in [-0.2, -0.15) is 4.31 Å². The van der Waals surface area contributed by atoms with E-state index in [0.29, 0.717) is 29.2 Å². The number of hydrogen-bond donors (Lipinski definition) is 0. The van der Waals surface area contributed by atoms with Crippen LogP contribution in [-0.2, 0) is 14.8 Å². The molecule has 8 heteroatoms. The number of rotatable bonds is 3. The largest absolute Gasteiger partial charge is 0.375 e. The molecule has 0 amide bonds. The van der Waals surface area contributed by atoms with E-state index in [1.54, 1.807) is 12.1 Å². The molecule has 2 rings (SSSR count). The van der Waals surface area contributed by atoms with Gasteiger partial charge >= 0.3 is 0 Å². The normalized spacial score (nSPS) is 22.8. The van der Waals surface area contributed by atoms with Crippen molar-refractivity contribution in [1.29, 1.82) is 0 Å². The maximum atomic E-state index is 12.3. The molecule has 0 aliphatic carbocycles. The quantitative estimate of drug-likeness (QED) is 0.726. The summed E-state index contributed by atoms with van der Waals surface area (Å²) in [5.74, 6) is 0. The van der Waals surface area contributed by atoms with Crippen LogP contribution in [0, 0.1) is 0 Å². The first kappa shape index (κ1) is 14.0. The molecule has 1 unspecified atom stereocenters. The van der Waals surface area contributed by atoms with Crippen molar-refractivity contribution in [2.24, 2.45) is 0 Å². The number of ether oxygens (including phenoxy) is 1. The van der Waals surface area contributed by atoms with Crippen molar-refractivity contribution >= 4 is 53.2 Å². The molecule has 1 aromatic rings. The van der Waals surface area contributed by atoms with E-state index in [9.17, 15) is 8.42 Å². The van der Waals surface area contributed by atoms with E-state index in [-0.39, 0.29) is 6.10 Å². The van der Waals surface area contributed by atoms with E-state index in [0.717, 1.165) is 3.79 Å². The van der Waals surface area contributed by atoms with Gasteiger partial charge in [0.05, 0.1) is 16.5 Å². The Bertz CT molecular complexity index is 488. The molecular weight excluding hydrogens is 394 g/mol. The zero-order valence-electron chi connectivity index (χ0n) is 8.80. The summed E-state index contributed by atoms with van der Waals surface area (Å²) in [6.45, 7) is 1.27. The zero-order chi connectivity index (χ0) is 12.5. The van der Waals surface area contributed by atoms with Gasteiger partial charge in [0.15, 0.2) is 0 Å². The number of sulfonamides is 1. The fourth-order valence-corrected chi connectivity index (χ4v) is 5.58. The van der Waals surface area contributed by atoms with Crippen LogP contribution < -0.4 is 0 Å². The Morgan fingerprint density at radius 3 is 2.88 bits per heavy atom. The summed E-state index contributed by atoms with van der Waals surface area (Å²) in [5, 5.41) is 0.646. The van der Waals surface area contributed by atoms with Crippen LogP contribution in [0.3, 0.4) is 0 Å². The van der Waals surface area contributed by atoms with Gasteiger partial charge < -0.3 is 4.74 Å². The molecule has 0 bridgehead atoms. The van der Waals surface area contributed by atoms with Crippen LogP contribution in [-0.4, -0.2) is 43.9 Å². The Hall–Kier alpha value is 0.530. The van der Waals surface area contributed by atoms with E-state index >= 15 is 0 Å². The van der Waals surface area contributed by atoms with E-state index < -0.39 is 10.0 Å². The molecule has 1 aliphatic heterocycles. The Balaban J connectivity index is 2.21. The minimum Gasteiger partial charge on any atom is -0.375 e. The van der Waals surface area contributed by atoms with Gasteiger partial charge in [-0.15, -0.1) is 11.3 Å². The maximum absolute atomic E-state index is 12.3. The highest BCUT2D eigenvalue weighted by Gasteiger charge is 2.31. The average Bonchev–Trinajstić information content (AvgIpc) is 2.76. The monoisotopic (exact) mass is 403 g/mol. The predicted molar refractivity (Wildman–Crippen MR) is 74.3 cm³/mol. The van der Waals surface area contributed by atoms with Gasteiger partial charge in [-0.3, -0.25) is 0 Å². The Kier molecular flexibility index (Phi) is 4.65. The summed E-state index contributed by atoms with van der Waals surface area (Å²) in [7, 11) is -3.36. The van der Waals surface area contributed by atoms with Gasteiger partial charge in [0, 0.05) is 18.4 Å². The zero-order valence-corrected chi connectivity index (χ0v) is 13.6. The Morgan fingerprint density at radius 2 is 2.29 bits per heavy atom. The van der Waals surface area contributed by atoms with E-state index in [4.69, 9.17) is 4.74 Å². The van der Waals surface area contributed by atoms with Gasteiger partial charge in [-0.05, 0) is 28.1 Å². The molecule has 0 N–H and O–H groups in total. The van der Waals surface area contributed by atoms with Gasteiger partial charge in [-0.1, -0.05) is 15.9 Å². The lowest BCUT2D eigenvalue weighted by molar-refractivity contribution is 0.0137. The van der Waals surface area contributed by atoms with Gasteiger partial charge in [0.25, 0.3) is 10.0 Å². The molecule has 1 fully saturated rings. The van der Waals surface area contributed by atoms with Gasteiger partial charge in [-0.25, -0.2) is 8.42 Å². The van der Waals surface area contributed by atoms with E-state index in [1.807, 2.05) is 0 Å². The van der Waals surface area contributed by atoms with Crippen molar-refractivity contribution in [2.75, 3.05) is 25.0 Å². The lowest BCUT2D eigenvalue weighted by Gasteiger charge is -2.30. The second kappa shape index (κ2) is 5.66. The SMILES string of the molecule is O=S(=O)(c1ccc(Br)s1)N1CCOC(CBr)C1. The minimum absolute atomic E-state index is 0.0677. The highest BCUT2D eigenvalue weighted by Crippen LogP contribution is 2.29. The molecule has 1 atom stereocenters. The van der Waals surface area contributed by atoms with E-state index in [1.165, 1.54) is 15.6 Å². The molecular formula is C9H11Br2NO3S2. The minimum atomic E-state index is -3.36. The first-order valence-electron chi connectivity index (χ1n) is 4.97. The molecule has 96 valence electrons. The topological polar surface area (TPSA) is 46.6 Å². The van der Waals surface area contributed by atoms with Crippen molar-refractivity contribution in [1.82, 2.24) is 4.31 Å². The van der Waals surface area contributed by atoms with Crippen LogP contribution >= 0.6 is 43.2 Å². The van der Waals surface area contributed by atoms with Crippen LogP contribution in [0.4, 0.5) is 0 Å². The van der Waals surface area contributed by atoms with Crippen molar-refractivity contribution < 1.29 is 13.2 Å². The van der Waals surface area contributed by atoms with Crippen LogP contribution in [0.5, 0.6) is 0 Å². The lowest BCUT2D eigenvalue weighted by Crippen LogP contribution is -2.45. The molecule has 0 aromatic carbocycles. The summed E-state index contributed by atoms with van der Waals surface area (Å²) in [4.78, 5) is 0. The lowest BCUT2D eigenvalue weighted by atomic mass is 10.3. The number of alkyl halides is 1. The Morgan fingerprint density at radius 1 is 1.53 bits per heavy atom. The van der Waals surface area contributed by atoms with Crippen molar-refractivity contribution in [2.45, 2.75) is 10.3 Å². The second-order valence-electron chi connectivity index (χ2n) is 3.57. The number of halogens is 2. The molecule has 1 saturated heterocycles. The molecule has 2 heterocycles. The third kappa shape index (κ3) is 3.10. The highest BCUT2D eigenvalue weighted by atomic mass is 79.9.